The van der Waals surface area contributed by atoms with Crippen LogP contribution < -0.4 is 5.32 Å². The molecule has 0 unspecified atom stereocenters. The Hall–Kier alpha value is -3.50. The topological polar surface area (TPSA) is 117 Å². The van der Waals surface area contributed by atoms with E-state index in [4.69, 9.17) is 4.74 Å². The van der Waals surface area contributed by atoms with Gasteiger partial charge in [-0.15, -0.1) is 0 Å². The molecule has 0 bridgehead atoms. The van der Waals surface area contributed by atoms with E-state index in [-0.39, 0.29) is 35.8 Å². The second-order valence-electron chi connectivity index (χ2n) is 11.7. The Bertz CT molecular complexity index is 1330. The summed E-state index contributed by atoms with van der Waals surface area (Å²) in [5.41, 5.74) is 0.643. The van der Waals surface area contributed by atoms with E-state index in [1.165, 1.54) is 18.3 Å². The van der Waals surface area contributed by atoms with Crippen LogP contribution >= 0.6 is 0 Å². The number of carbonyl (C=O) groups excluding carboxylic acids is 1. The van der Waals surface area contributed by atoms with Crippen molar-refractivity contribution in [2.24, 2.45) is 11.8 Å². The molecule has 1 aliphatic rings. The number of nitrogens with one attached hydrogen (secondary N) is 1. The van der Waals surface area contributed by atoms with Crippen LogP contribution in [0.1, 0.15) is 76.1 Å². The van der Waals surface area contributed by atoms with Gasteiger partial charge in [-0.05, 0) is 101 Å². The highest BCUT2D eigenvalue weighted by Gasteiger charge is 2.39. The quantitative estimate of drug-likeness (QED) is 0.246. The zero-order chi connectivity index (χ0) is 29.8. The molecular weight excluding hydrogens is 530 g/mol. The molecule has 0 radical (unpaired) electrons. The predicted octanol–water partition coefficient (Wildman–Crippen LogP) is 6.25. The second kappa shape index (κ2) is 12.6. The van der Waals surface area contributed by atoms with Gasteiger partial charge in [0.2, 0.25) is 0 Å². The molecule has 10 heteroatoms. The van der Waals surface area contributed by atoms with Gasteiger partial charge in [-0.1, -0.05) is 0 Å². The van der Waals surface area contributed by atoms with Crippen molar-refractivity contribution in [1.29, 1.82) is 0 Å². The number of esters is 1. The van der Waals surface area contributed by atoms with Crippen LogP contribution in [-0.2, 0) is 15.1 Å². The summed E-state index contributed by atoms with van der Waals surface area (Å²) in [4.78, 5) is 25.7. The lowest BCUT2D eigenvalue weighted by molar-refractivity contribution is -0.152. The lowest BCUT2D eigenvalue weighted by Gasteiger charge is -2.37. The van der Waals surface area contributed by atoms with Crippen molar-refractivity contribution in [2.45, 2.75) is 77.4 Å². The van der Waals surface area contributed by atoms with Gasteiger partial charge in [-0.25, -0.2) is 18.7 Å². The fraction of sp³-hybridized carbons (Fsp3) is 0.484. The zero-order valence-corrected chi connectivity index (χ0v) is 23.9. The maximum absolute atomic E-state index is 13.1. The van der Waals surface area contributed by atoms with Gasteiger partial charge in [0.05, 0.1) is 29.5 Å². The van der Waals surface area contributed by atoms with Crippen LogP contribution in [0.2, 0.25) is 0 Å². The Labute approximate surface area is 239 Å². The molecule has 4 rings (SSSR count). The molecule has 1 aliphatic carbocycles. The number of anilines is 2. The minimum Gasteiger partial charge on any atom is -0.465 e. The first-order valence-corrected chi connectivity index (χ1v) is 13.9. The number of ether oxygens (including phenoxy) is 1. The molecule has 41 heavy (non-hydrogen) atoms. The van der Waals surface area contributed by atoms with Crippen molar-refractivity contribution in [2.75, 3.05) is 11.9 Å². The highest BCUT2D eigenvalue weighted by atomic mass is 19.3. The summed E-state index contributed by atoms with van der Waals surface area (Å²) < 4.78 is 31.5. The Morgan fingerprint density at radius 3 is 2.41 bits per heavy atom. The summed E-state index contributed by atoms with van der Waals surface area (Å²) >= 11 is 0. The first kappa shape index (κ1) is 30.5. The van der Waals surface area contributed by atoms with Crippen molar-refractivity contribution in [3.63, 3.8) is 0 Å². The molecule has 1 saturated carbocycles. The average molecular weight is 569 g/mol. The van der Waals surface area contributed by atoms with Crippen LogP contribution in [-0.4, -0.2) is 43.3 Å². The minimum absolute atomic E-state index is 0.0642. The molecule has 0 aliphatic heterocycles. The summed E-state index contributed by atoms with van der Waals surface area (Å²) in [6.45, 7) is 7.21. The SMILES string of the molecule is Cc1cc(Nc2cc(C(F)F)ccn2)nc(-c2ccc([C@](C)(O)C3CCC(C(=O)OCCC(C)(C)O)CC3)nc2)c1. The number of aliphatic hydroxyl groups is 2. The molecule has 0 amide bonds. The molecule has 1 atom stereocenters. The highest BCUT2D eigenvalue weighted by Crippen LogP contribution is 2.41. The van der Waals surface area contributed by atoms with Crippen molar-refractivity contribution in [3.8, 4) is 11.3 Å². The predicted molar refractivity (Wildman–Crippen MR) is 152 cm³/mol. The van der Waals surface area contributed by atoms with E-state index in [1.807, 2.05) is 19.1 Å². The van der Waals surface area contributed by atoms with Crippen molar-refractivity contribution in [1.82, 2.24) is 15.0 Å². The van der Waals surface area contributed by atoms with Gasteiger partial charge in [-0.2, -0.15) is 0 Å². The lowest BCUT2D eigenvalue weighted by atomic mass is 9.73. The number of aromatic nitrogens is 3. The number of alkyl halides is 2. The Morgan fingerprint density at radius 1 is 1.05 bits per heavy atom. The molecule has 220 valence electrons. The molecule has 3 heterocycles. The first-order valence-electron chi connectivity index (χ1n) is 13.9. The molecule has 3 aromatic heterocycles. The Kier molecular flexibility index (Phi) is 9.34. The van der Waals surface area contributed by atoms with Gasteiger partial charge in [-0.3, -0.25) is 9.78 Å². The van der Waals surface area contributed by atoms with Gasteiger partial charge in [0.1, 0.15) is 17.2 Å². The van der Waals surface area contributed by atoms with Crippen LogP contribution in [0.4, 0.5) is 20.4 Å². The lowest BCUT2D eigenvalue weighted by Crippen LogP contribution is -2.37. The van der Waals surface area contributed by atoms with E-state index >= 15 is 0 Å². The maximum atomic E-state index is 13.1. The molecule has 0 spiro atoms. The minimum atomic E-state index is -2.59. The molecule has 1 fully saturated rings. The van der Waals surface area contributed by atoms with Gasteiger partial charge in [0.15, 0.2) is 0 Å². The van der Waals surface area contributed by atoms with Crippen LogP contribution in [0.15, 0.2) is 48.8 Å². The Balaban J connectivity index is 1.40. The number of nitrogens with zero attached hydrogens (tertiary/aromatic N) is 3. The highest BCUT2D eigenvalue weighted by molar-refractivity contribution is 5.72. The van der Waals surface area contributed by atoms with E-state index in [0.717, 1.165) is 11.1 Å². The monoisotopic (exact) mass is 568 g/mol. The normalized spacial score (nSPS) is 19.0. The number of pyridine rings is 3. The smallest absolute Gasteiger partial charge is 0.308 e. The summed E-state index contributed by atoms with van der Waals surface area (Å²) in [6, 6.07) is 9.90. The summed E-state index contributed by atoms with van der Waals surface area (Å²) in [5.74, 6) is 0.221. The number of hydrogen-bond acceptors (Lipinski definition) is 8. The van der Waals surface area contributed by atoms with E-state index < -0.39 is 17.6 Å². The molecule has 8 nitrogen and oxygen atoms in total. The number of carbonyl (C=O) groups is 1. The standard InChI is InChI=1S/C31H38F2N4O4/c1-19-15-24(36-27(16-19)37-26-17-21(28(32)33)11-13-34-26)22-7-10-25(35-18-22)31(4,40)23-8-5-20(6-9-23)29(38)41-14-12-30(2,3)39/h7,10-11,13,15-18,20,23,28,39-40H,5-6,8-9,12,14H2,1-4H3,(H,34,36,37)/t20?,23?,31-/m1/s1. The molecule has 3 N–H and O–H groups in total. The molecular formula is C31H38F2N4O4. The van der Waals surface area contributed by atoms with E-state index in [9.17, 15) is 23.8 Å². The molecule has 0 aromatic carbocycles. The van der Waals surface area contributed by atoms with Gasteiger partial charge in [0.25, 0.3) is 6.43 Å². The summed E-state index contributed by atoms with van der Waals surface area (Å²) in [5, 5.41) is 24.3. The number of hydrogen-bond donors (Lipinski definition) is 3. The van der Waals surface area contributed by atoms with Crippen molar-refractivity contribution in [3.05, 3.63) is 65.6 Å². The van der Waals surface area contributed by atoms with Gasteiger partial charge < -0.3 is 20.3 Å². The molecule has 0 saturated heterocycles. The average Bonchev–Trinajstić information content (AvgIpc) is 2.92. The first-order chi connectivity index (χ1) is 19.3. The van der Waals surface area contributed by atoms with Crippen molar-refractivity contribution >= 4 is 17.6 Å². The van der Waals surface area contributed by atoms with E-state index in [1.54, 1.807) is 39.1 Å². The molecule has 3 aromatic rings. The van der Waals surface area contributed by atoms with Crippen LogP contribution in [0.25, 0.3) is 11.3 Å². The van der Waals surface area contributed by atoms with Gasteiger partial charge in [0, 0.05) is 29.9 Å². The number of rotatable bonds is 10. The third-order valence-corrected chi connectivity index (χ3v) is 7.65. The zero-order valence-electron chi connectivity index (χ0n) is 23.9. The summed E-state index contributed by atoms with van der Waals surface area (Å²) in [6.07, 6.45) is 3.35. The van der Waals surface area contributed by atoms with Crippen LogP contribution in [0, 0.1) is 18.8 Å². The van der Waals surface area contributed by atoms with Crippen LogP contribution in [0.5, 0.6) is 0 Å². The third-order valence-electron chi connectivity index (χ3n) is 7.65. The van der Waals surface area contributed by atoms with E-state index in [0.29, 0.717) is 49.3 Å². The van der Waals surface area contributed by atoms with Gasteiger partial charge >= 0.3 is 5.97 Å². The Morgan fingerprint density at radius 2 is 1.78 bits per heavy atom. The van der Waals surface area contributed by atoms with Crippen molar-refractivity contribution < 1.29 is 28.5 Å². The number of halogens is 2. The second-order valence-corrected chi connectivity index (χ2v) is 11.7. The fourth-order valence-electron chi connectivity index (χ4n) is 5.13. The summed E-state index contributed by atoms with van der Waals surface area (Å²) in [7, 11) is 0. The maximum Gasteiger partial charge on any atom is 0.308 e. The largest absolute Gasteiger partial charge is 0.465 e. The number of aryl methyl sites for hydroxylation is 1. The fourth-order valence-corrected chi connectivity index (χ4v) is 5.13. The third kappa shape index (κ3) is 8.04. The van der Waals surface area contributed by atoms with Crippen LogP contribution in [0.3, 0.4) is 0 Å². The van der Waals surface area contributed by atoms with E-state index in [2.05, 4.69) is 20.3 Å².